The van der Waals surface area contributed by atoms with Gasteiger partial charge in [0.2, 0.25) is 0 Å². The molecule has 3 heteroatoms. The second-order valence-corrected chi connectivity index (χ2v) is 10.2. The molecule has 162 valence electrons. The molecule has 3 atom stereocenters. The maximum atomic E-state index is 11.8. The summed E-state index contributed by atoms with van der Waals surface area (Å²) in [5, 5.41) is 0. The van der Waals surface area contributed by atoms with Gasteiger partial charge in [-0.05, 0) is 75.0 Å². The molecule has 0 aliphatic heterocycles. The molecule has 0 spiro atoms. The predicted octanol–water partition coefficient (Wildman–Crippen LogP) is 7.73. The number of esters is 1. The molecule has 0 aromatic carbocycles. The first-order valence-electron chi connectivity index (χ1n) is 11.6. The van der Waals surface area contributed by atoms with Crippen molar-refractivity contribution in [3.63, 3.8) is 0 Å². The fourth-order valence-corrected chi connectivity index (χ4v) is 5.96. The minimum atomic E-state index is -0.194. The second-order valence-electron chi connectivity index (χ2n) is 8.39. The lowest BCUT2D eigenvalue weighted by Gasteiger charge is -2.37. The Bertz CT molecular complexity index is 523. The standard InChI is InChI=1S/C25H44O2S/c1-7-20(15-16-23(8-2)25(6,9-3)28-11-5)17-21-13-12-14-22(18-21)19-24(26)27-10-4/h18-20,23H,7-17H2,1-6H3. The largest absolute Gasteiger partial charge is 0.463 e. The smallest absolute Gasteiger partial charge is 0.331 e. The SMILES string of the molecule is CCOC(=O)C=C1C=C(CC(CC)CCC(CC)C(C)(CC)SCC)CCC1. The minimum Gasteiger partial charge on any atom is -0.463 e. The van der Waals surface area contributed by atoms with E-state index in [0.717, 1.165) is 30.3 Å². The Morgan fingerprint density at radius 3 is 2.50 bits per heavy atom. The Balaban J connectivity index is 2.70. The van der Waals surface area contributed by atoms with Gasteiger partial charge in [0.25, 0.3) is 0 Å². The summed E-state index contributed by atoms with van der Waals surface area (Å²) in [7, 11) is 0. The van der Waals surface area contributed by atoms with Crippen molar-refractivity contribution < 1.29 is 9.53 Å². The maximum Gasteiger partial charge on any atom is 0.331 e. The minimum absolute atomic E-state index is 0.194. The van der Waals surface area contributed by atoms with Gasteiger partial charge in [0.05, 0.1) is 6.61 Å². The van der Waals surface area contributed by atoms with Crippen molar-refractivity contribution in [3.8, 4) is 0 Å². The van der Waals surface area contributed by atoms with Gasteiger partial charge in [-0.1, -0.05) is 59.1 Å². The topological polar surface area (TPSA) is 26.3 Å². The molecule has 0 bridgehead atoms. The monoisotopic (exact) mass is 408 g/mol. The molecule has 0 amide bonds. The first-order valence-corrected chi connectivity index (χ1v) is 12.6. The first-order chi connectivity index (χ1) is 13.4. The number of allylic oxidation sites excluding steroid dienone is 3. The lowest BCUT2D eigenvalue weighted by molar-refractivity contribution is -0.137. The van der Waals surface area contributed by atoms with Gasteiger partial charge in [0.1, 0.15) is 0 Å². The number of hydrogen-bond donors (Lipinski definition) is 0. The van der Waals surface area contributed by atoms with E-state index in [9.17, 15) is 4.79 Å². The van der Waals surface area contributed by atoms with Crippen LogP contribution in [-0.4, -0.2) is 23.1 Å². The van der Waals surface area contributed by atoms with E-state index in [4.69, 9.17) is 4.74 Å². The van der Waals surface area contributed by atoms with Gasteiger partial charge in [-0.15, -0.1) is 0 Å². The summed E-state index contributed by atoms with van der Waals surface area (Å²) in [5.74, 6) is 2.58. The molecule has 0 N–H and O–H groups in total. The van der Waals surface area contributed by atoms with Crippen LogP contribution in [0.1, 0.15) is 99.3 Å². The lowest BCUT2D eigenvalue weighted by Crippen LogP contribution is -2.31. The highest BCUT2D eigenvalue weighted by molar-refractivity contribution is 8.00. The third-order valence-corrected chi connectivity index (χ3v) is 8.10. The van der Waals surface area contributed by atoms with Crippen molar-refractivity contribution in [1.82, 2.24) is 0 Å². The highest BCUT2D eigenvalue weighted by Crippen LogP contribution is 2.41. The summed E-state index contributed by atoms with van der Waals surface area (Å²) >= 11 is 2.15. The van der Waals surface area contributed by atoms with Crippen molar-refractivity contribution >= 4 is 17.7 Å². The summed E-state index contributed by atoms with van der Waals surface area (Å²) in [5.41, 5.74) is 2.68. The third kappa shape index (κ3) is 8.35. The molecule has 0 saturated heterocycles. The molecule has 0 radical (unpaired) electrons. The highest BCUT2D eigenvalue weighted by atomic mass is 32.2. The van der Waals surface area contributed by atoms with Crippen LogP contribution in [0.5, 0.6) is 0 Å². The van der Waals surface area contributed by atoms with Crippen molar-refractivity contribution in [2.45, 2.75) is 104 Å². The van der Waals surface area contributed by atoms with Gasteiger partial charge in [-0.2, -0.15) is 11.8 Å². The lowest BCUT2D eigenvalue weighted by atomic mass is 9.80. The van der Waals surface area contributed by atoms with E-state index in [-0.39, 0.29) is 5.97 Å². The molecule has 0 fully saturated rings. The van der Waals surface area contributed by atoms with E-state index in [1.54, 1.807) is 6.08 Å². The van der Waals surface area contributed by atoms with Gasteiger partial charge < -0.3 is 4.74 Å². The Morgan fingerprint density at radius 1 is 1.18 bits per heavy atom. The average molecular weight is 409 g/mol. The zero-order chi connectivity index (χ0) is 21.0. The molecule has 2 nitrogen and oxygen atoms in total. The van der Waals surface area contributed by atoms with Crippen molar-refractivity contribution in [2.24, 2.45) is 11.8 Å². The summed E-state index contributed by atoms with van der Waals surface area (Å²) in [6.45, 7) is 14.1. The Labute approximate surface area is 179 Å². The van der Waals surface area contributed by atoms with E-state index in [2.05, 4.69) is 52.5 Å². The molecular weight excluding hydrogens is 364 g/mol. The van der Waals surface area contributed by atoms with Crippen LogP contribution >= 0.6 is 11.8 Å². The van der Waals surface area contributed by atoms with Crippen molar-refractivity contribution in [3.05, 3.63) is 23.3 Å². The van der Waals surface area contributed by atoms with E-state index in [1.165, 1.54) is 56.3 Å². The number of ether oxygens (including phenoxy) is 1. The van der Waals surface area contributed by atoms with Crippen molar-refractivity contribution in [2.75, 3.05) is 12.4 Å². The summed E-state index contributed by atoms with van der Waals surface area (Å²) in [6.07, 6.45) is 15.0. The first kappa shape index (κ1) is 25.3. The number of thioether (sulfide) groups is 1. The summed E-state index contributed by atoms with van der Waals surface area (Å²) < 4.78 is 5.49. The van der Waals surface area contributed by atoms with E-state index in [1.807, 2.05) is 6.92 Å². The van der Waals surface area contributed by atoms with E-state index < -0.39 is 0 Å². The summed E-state index contributed by atoms with van der Waals surface area (Å²) in [4.78, 5) is 11.8. The zero-order valence-electron chi connectivity index (χ0n) is 19.3. The predicted molar refractivity (Wildman–Crippen MR) is 125 cm³/mol. The molecule has 1 rings (SSSR count). The molecule has 1 aliphatic carbocycles. The number of carbonyl (C=O) groups is 1. The van der Waals surface area contributed by atoms with Crippen LogP contribution in [0.4, 0.5) is 0 Å². The molecule has 0 aromatic rings. The molecule has 1 aliphatic rings. The Morgan fingerprint density at radius 2 is 1.93 bits per heavy atom. The fraction of sp³-hybridized carbons (Fsp3) is 0.800. The molecule has 0 heterocycles. The molecule has 0 saturated carbocycles. The van der Waals surface area contributed by atoms with Crippen LogP contribution in [0.15, 0.2) is 23.3 Å². The van der Waals surface area contributed by atoms with Gasteiger partial charge in [0.15, 0.2) is 0 Å². The zero-order valence-corrected chi connectivity index (χ0v) is 20.1. The number of carbonyl (C=O) groups excluding carboxylic acids is 1. The Kier molecular flexibility index (Phi) is 12.2. The quantitative estimate of drug-likeness (QED) is 0.230. The molecule has 0 aromatic heterocycles. The average Bonchev–Trinajstić information content (AvgIpc) is 2.68. The van der Waals surface area contributed by atoms with Gasteiger partial charge in [-0.3, -0.25) is 0 Å². The van der Waals surface area contributed by atoms with Gasteiger partial charge in [-0.25, -0.2) is 4.79 Å². The van der Waals surface area contributed by atoms with Gasteiger partial charge >= 0.3 is 5.97 Å². The highest BCUT2D eigenvalue weighted by Gasteiger charge is 2.31. The maximum absolute atomic E-state index is 11.8. The van der Waals surface area contributed by atoms with Crippen LogP contribution in [0.3, 0.4) is 0 Å². The Hall–Kier alpha value is -0.700. The third-order valence-electron chi connectivity index (χ3n) is 6.53. The van der Waals surface area contributed by atoms with Crippen LogP contribution in [0.25, 0.3) is 0 Å². The van der Waals surface area contributed by atoms with E-state index in [0.29, 0.717) is 11.4 Å². The van der Waals surface area contributed by atoms with Crippen LogP contribution in [0, 0.1) is 11.8 Å². The van der Waals surface area contributed by atoms with Crippen molar-refractivity contribution in [1.29, 1.82) is 0 Å². The second kappa shape index (κ2) is 13.5. The van der Waals surface area contributed by atoms with Gasteiger partial charge in [0, 0.05) is 10.8 Å². The summed E-state index contributed by atoms with van der Waals surface area (Å²) in [6, 6.07) is 0. The molecular formula is C25H44O2S. The van der Waals surface area contributed by atoms with Crippen LogP contribution in [0.2, 0.25) is 0 Å². The number of hydrogen-bond acceptors (Lipinski definition) is 3. The molecule has 28 heavy (non-hydrogen) atoms. The van der Waals surface area contributed by atoms with Crippen LogP contribution in [-0.2, 0) is 9.53 Å². The molecule has 3 unspecified atom stereocenters. The fourth-order valence-electron chi connectivity index (χ4n) is 4.57. The van der Waals surface area contributed by atoms with Crippen LogP contribution < -0.4 is 0 Å². The normalized spacial score (nSPS) is 20.4. The number of rotatable bonds is 13. The van der Waals surface area contributed by atoms with E-state index >= 15 is 0 Å².